The zero-order valence-corrected chi connectivity index (χ0v) is 15.2. The molecule has 1 heterocycles. The first-order valence-corrected chi connectivity index (χ1v) is 8.20. The molecular formula is C14H13ClF3IN4O. The van der Waals surface area contributed by atoms with Gasteiger partial charge in [0, 0.05) is 15.7 Å². The quantitative estimate of drug-likeness (QED) is 0.567. The fourth-order valence-electron chi connectivity index (χ4n) is 1.72. The van der Waals surface area contributed by atoms with Crippen molar-refractivity contribution >= 4 is 51.6 Å². The van der Waals surface area contributed by atoms with Crippen LogP contribution >= 0.6 is 34.2 Å². The molecule has 3 N–H and O–H groups in total. The van der Waals surface area contributed by atoms with E-state index in [4.69, 9.17) is 16.7 Å². The number of benzene rings is 1. The third-order valence-corrected chi connectivity index (χ3v) is 3.84. The molecule has 0 saturated heterocycles. The van der Waals surface area contributed by atoms with Crippen molar-refractivity contribution < 1.29 is 18.3 Å². The van der Waals surface area contributed by atoms with Crippen molar-refractivity contribution in [1.29, 1.82) is 0 Å². The number of aliphatic hydroxyl groups is 1. The van der Waals surface area contributed by atoms with Crippen LogP contribution in [-0.2, 0) is 6.18 Å². The van der Waals surface area contributed by atoms with Crippen LogP contribution < -0.4 is 10.6 Å². The number of hydrogen-bond acceptors (Lipinski definition) is 5. The molecule has 2 rings (SSSR count). The van der Waals surface area contributed by atoms with Gasteiger partial charge in [-0.25, -0.2) is 4.98 Å². The lowest BCUT2D eigenvalue weighted by molar-refractivity contribution is -0.141. The first kappa shape index (κ1) is 19.0. The Morgan fingerprint density at radius 2 is 2.00 bits per heavy atom. The summed E-state index contributed by atoms with van der Waals surface area (Å²) < 4.78 is 39.9. The molecule has 24 heavy (non-hydrogen) atoms. The number of anilines is 3. The summed E-state index contributed by atoms with van der Waals surface area (Å²) in [7, 11) is 0. The Morgan fingerprint density at radius 1 is 1.29 bits per heavy atom. The number of halogens is 5. The van der Waals surface area contributed by atoms with E-state index >= 15 is 0 Å². The van der Waals surface area contributed by atoms with E-state index in [2.05, 4.69) is 43.2 Å². The zero-order valence-electron chi connectivity index (χ0n) is 12.3. The maximum Gasteiger partial charge on any atom is 0.433 e. The predicted octanol–water partition coefficient (Wildman–Crippen LogP) is 4.29. The van der Waals surface area contributed by atoms with E-state index in [9.17, 15) is 13.2 Å². The SMILES string of the molecule is C[C@@H](CO)Nc1nc(Nc2ccc(I)cc2Cl)cc(C(F)(F)F)n1. The van der Waals surface area contributed by atoms with Gasteiger partial charge in [0.1, 0.15) is 5.82 Å². The molecule has 0 fully saturated rings. The van der Waals surface area contributed by atoms with Crippen molar-refractivity contribution in [2.45, 2.75) is 19.1 Å². The number of rotatable bonds is 5. The molecule has 0 saturated carbocycles. The third-order valence-electron chi connectivity index (χ3n) is 2.86. The van der Waals surface area contributed by atoms with E-state index in [1.165, 1.54) is 0 Å². The minimum Gasteiger partial charge on any atom is -0.394 e. The van der Waals surface area contributed by atoms with E-state index in [1.807, 2.05) is 0 Å². The molecule has 5 nitrogen and oxygen atoms in total. The van der Waals surface area contributed by atoms with Gasteiger partial charge in [-0.15, -0.1) is 0 Å². The molecule has 0 bridgehead atoms. The number of hydrogen-bond donors (Lipinski definition) is 3. The second kappa shape index (κ2) is 7.70. The Hall–Kier alpha value is -1.33. The molecule has 1 atom stereocenters. The highest BCUT2D eigenvalue weighted by molar-refractivity contribution is 14.1. The summed E-state index contributed by atoms with van der Waals surface area (Å²) in [5, 5.41) is 14.7. The first-order valence-electron chi connectivity index (χ1n) is 6.75. The summed E-state index contributed by atoms with van der Waals surface area (Å²) in [5.41, 5.74) is -0.681. The van der Waals surface area contributed by atoms with Crippen LogP contribution in [0.4, 0.5) is 30.6 Å². The lowest BCUT2D eigenvalue weighted by Gasteiger charge is -2.15. The molecule has 0 amide bonds. The van der Waals surface area contributed by atoms with E-state index in [1.54, 1.807) is 25.1 Å². The van der Waals surface area contributed by atoms with Gasteiger partial charge in [0.2, 0.25) is 5.95 Å². The lowest BCUT2D eigenvalue weighted by atomic mass is 10.3. The van der Waals surface area contributed by atoms with E-state index < -0.39 is 17.9 Å². The molecule has 0 unspecified atom stereocenters. The molecule has 0 aliphatic heterocycles. The van der Waals surface area contributed by atoms with Gasteiger partial charge in [-0.2, -0.15) is 18.2 Å². The van der Waals surface area contributed by atoms with Crippen LogP contribution in [0.25, 0.3) is 0 Å². The molecular weight excluding hydrogens is 460 g/mol. The summed E-state index contributed by atoms with van der Waals surface area (Å²) in [6.45, 7) is 1.32. The number of nitrogens with one attached hydrogen (secondary N) is 2. The van der Waals surface area contributed by atoms with Gasteiger partial charge in [0.15, 0.2) is 5.69 Å². The Kier molecular flexibility index (Phi) is 6.10. The lowest BCUT2D eigenvalue weighted by Crippen LogP contribution is -2.22. The molecule has 130 valence electrons. The van der Waals surface area contributed by atoms with Crippen molar-refractivity contribution in [1.82, 2.24) is 9.97 Å². The van der Waals surface area contributed by atoms with Crippen molar-refractivity contribution in [3.63, 3.8) is 0 Å². The van der Waals surface area contributed by atoms with Crippen molar-refractivity contribution in [2.75, 3.05) is 17.2 Å². The minimum absolute atomic E-state index is 0.0620. The number of alkyl halides is 3. The van der Waals surface area contributed by atoms with Crippen LogP contribution in [-0.4, -0.2) is 27.7 Å². The van der Waals surface area contributed by atoms with E-state index in [-0.39, 0.29) is 18.4 Å². The van der Waals surface area contributed by atoms with Crippen LogP contribution in [0.15, 0.2) is 24.3 Å². The monoisotopic (exact) mass is 472 g/mol. The topological polar surface area (TPSA) is 70.1 Å². The maximum atomic E-state index is 13.0. The standard InChI is InChI=1S/C14H13ClF3IN4O/c1-7(6-24)20-13-22-11(14(16,17)18)5-12(23-13)21-10-3-2-8(19)4-9(10)15/h2-5,7,24H,6H2,1H3,(H2,20,21,22,23)/t7-/m0/s1. The second-order valence-electron chi connectivity index (χ2n) is 4.94. The second-order valence-corrected chi connectivity index (χ2v) is 6.59. The summed E-state index contributed by atoms with van der Waals surface area (Å²) >= 11 is 8.15. The smallest absolute Gasteiger partial charge is 0.394 e. The fourth-order valence-corrected chi connectivity index (χ4v) is 2.62. The molecule has 1 aromatic heterocycles. The highest BCUT2D eigenvalue weighted by atomic mass is 127. The summed E-state index contributed by atoms with van der Waals surface area (Å²) in [6.07, 6.45) is -4.63. The van der Waals surface area contributed by atoms with Gasteiger partial charge in [-0.3, -0.25) is 0 Å². The summed E-state index contributed by atoms with van der Waals surface area (Å²) in [6, 6.07) is 5.37. The molecule has 0 spiro atoms. The van der Waals surface area contributed by atoms with Gasteiger partial charge >= 0.3 is 6.18 Å². The highest BCUT2D eigenvalue weighted by Crippen LogP contribution is 2.32. The van der Waals surface area contributed by atoms with Crippen LogP contribution in [0.1, 0.15) is 12.6 Å². The molecule has 0 aliphatic rings. The Morgan fingerprint density at radius 3 is 2.58 bits per heavy atom. The summed E-state index contributed by atoms with van der Waals surface area (Å²) in [4.78, 5) is 7.43. The molecule has 1 aromatic carbocycles. The van der Waals surface area contributed by atoms with Crippen LogP contribution in [0.2, 0.25) is 5.02 Å². The van der Waals surface area contributed by atoms with Crippen molar-refractivity contribution in [2.24, 2.45) is 0 Å². The fraction of sp³-hybridized carbons (Fsp3) is 0.286. The van der Waals surface area contributed by atoms with Gasteiger partial charge < -0.3 is 15.7 Å². The highest BCUT2D eigenvalue weighted by Gasteiger charge is 2.34. The maximum absolute atomic E-state index is 13.0. The average Bonchev–Trinajstić information content (AvgIpc) is 2.49. The normalized spacial score (nSPS) is 12.8. The number of aliphatic hydroxyl groups excluding tert-OH is 1. The average molecular weight is 473 g/mol. The Labute approximate surface area is 154 Å². The van der Waals surface area contributed by atoms with Gasteiger partial charge in [0.25, 0.3) is 0 Å². The molecule has 10 heteroatoms. The van der Waals surface area contributed by atoms with Crippen LogP contribution in [0.3, 0.4) is 0 Å². The van der Waals surface area contributed by atoms with E-state index in [0.29, 0.717) is 10.7 Å². The first-order chi connectivity index (χ1) is 11.2. The Balaban J connectivity index is 2.38. The largest absolute Gasteiger partial charge is 0.433 e. The van der Waals surface area contributed by atoms with Crippen LogP contribution in [0.5, 0.6) is 0 Å². The molecule has 0 radical (unpaired) electrons. The number of aromatic nitrogens is 2. The van der Waals surface area contributed by atoms with Crippen molar-refractivity contribution in [3.05, 3.63) is 38.6 Å². The van der Waals surface area contributed by atoms with Gasteiger partial charge in [-0.1, -0.05) is 11.6 Å². The van der Waals surface area contributed by atoms with Gasteiger partial charge in [0.05, 0.1) is 17.3 Å². The minimum atomic E-state index is -4.63. The molecule has 0 aliphatic carbocycles. The predicted molar refractivity (Wildman–Crippen MR) is 94.7 cm³/mol. The van der Waals surface area contributed by atoms with Gasteiger partial charge in [-0.05, 0) is 47.7 Å². The van der Waals surface area contributed by atoms with E-state index in [0.717, 1.165) is 9.64 Å². The third kappa shape index (κ3) is 5.08. The Bertz CT molecular complexity index is 730. The molecule has 2 aromatic rings. The summed E-state index contributed by atoms with van der Waals surface area (Å²) in [5.74, 6) is -0.302. The zero-order chi connectivity index (χ0) is 17.9. The van der Waals surface area contributed by atoms with Crippen LogP contribution in [0, 0.1) is 3.57 Å². The van der Waals surface area contributed by atoms with Crippen molar-refractivity contribution in [3.8, 4) is 0 Å². The number of nitrogens with zero attached hydrogens (tertiary/aromatic N) is 2.